The quantitative estimate of drug-likeness (QED) is 0.730. The third-order valence-corrected chi connectivity index (χ3v) is 4.48. The Labute approximate surface area is 137 Å². The van der Waals surface area contributed by atoms with Gasteiger partial charge in [0.15, 0.2) is 0 Å². The second-order valence-corrected chi connectivity index (χ2v) is 6.08. The van der Waals surface area contributed by atoms with Crippen molar-refractivity contribution in [2.75, 3.05) is 0 Å². The lowest BCUT2D eigenvalue weighted by molar-refractivity contribution is -0.139. The van der Waals surface area contributed by atoms with Crippen molar-refractivity contribution < 1.29 is 19.1 Å². The molecule has 1 atom stereocenters. The van der Waals surface area contributed by atoms with Crippen LogP contribution in [0, 0.1) is 11.7 Å². The fourth-order valence-electron chi connectivity index (χ4n) is 2.60. The molecule has 1 aromatic carbocycles. The van der Waals surface area contributed by atoms with E-state index in [1.807, 2.05) is 13.8 Å². The minimum Gasteiger partial charge on any atom is -0.481 e. The standard InChI is InChI=1S/C18H26FNO3/c1-4-18(5-2,12-16(21)22)20-17(23)13(3)10-11-14-8-6-7-9-15(14)19/h6-9,13H,4-5,10-12H2,1-3H3,(H,20,23)(H,21,22). The van der Waals surface area contributed by atoms with Gasteiger partial charge in [-0.2, -0.15) is 0 Å². The lowest BCUT2D eigenvalue weighted by Gasteiger charge is -2.32. The fraction of sp³-hybridized carbons (Fsp3) is 0.556. The maximum absolute atomic E-state index is 13.6. The third kappa shape index (κ3) is 5.66. The smallest absolute Gasteiger partial charge is 0.305 e. The number of nitrogens with one attached hydrogen (secondary N) is 1. The first kappa shape index (κ1) is 19.1. The van der Waals surface area contributed by atoms with E-state index >= 15 is 0 Å². The Morgan fingerprint density at radius 2 is 1.87 bits per heavy atom. The second-order valence-electron chi connectivity index (χ2n) is 6.08. The molecule has 0 saturated heterocycles. The van der Waals surface area contributed by atoms with Gasteiger partial charge in [0.1, 0.15) is 5.82 Å². The van der Waals surface area contributed by atoms with Crippen LogP contribution < -0.4 is 5.32 Å². The summed E-state index contributed by atoms with van der Waals surface area (Å²) in [5.74, 6) is -1.66. The van der Waals surface area contributed by atoms with Gasteiger partial charge < -0.3 is 10.4 Å². The number of carbonyl (C=O) groups excluding carboxylic acids is 1. The van der Waals surface area contributed by atoms with E-state index in [1.165, 1.54) is 6.07 Å². The molecule has 2 N–H and O–H groups in total. The summed E-state index contributed by atoms with van der Waals surface area (Å²) in [5, 5.41) is 12.0. The van der Waals surface area contributed by atoms with Crippen molar-refractivity contribution in [3.63, 3.8) is 0 Å². The molecule has 0 aliphatic rings. The third-order valence-electron chi connectivity index (χ3n) is 4.48. The van der Waals surface area contributed by atoms with Gasteiger partial charge in [-0.3, -0.25) is 9.59 Å². The van der Waals surface area contributed by atoms with Crippen molar-refractivity contribution in [2.24, 2.45) is 5.92 Å². The van der Waals surface area contributed by atoms with Crippen LogP contribution in [0.1, 0.15) is 52.0 Å². The summed E-state index contributed by atoms with van der Waals surface area (Å²) in [4.78, 5) is 23.4. The van der Waals surface area contributed by atoms with E-state index in [0.717, 1.165) is 0 Å². The van der Waals surface area contributed by atoms with Crippen LogP contribution in [0.4, 0.5) is 4.39 Å². The maximum atomic E-state index is 13.6. The molecule has 23 heavy (non-hydrogen) atoms. The van der Waals surface area contributed by atoms with E-state index in [4.69, 9.17) is 5.11 Å². The van der Waals surface area contributed by atoms with Gasteiger partial charge in [-0.1, -0.05) is 39.0 Å². The average molecular weight is 323 g/mol. The van der Waals surface area contributed by atoms with E-state index in [2.05, 4.69) is 5.32 Å². The highest BCUT2D eigenvalue weighted by Crippen LogP contribution is 2.21. The summed E-state index contributed by atoms with van der Waals surface area (Å²) >= 11 is 0. The lowest BCUT2D eigenvalue weighted by atomic mass is 9.88. The van der Waals surface area contributed by atoms with Crippen molar-refractivity contribution >= 4 is 11.9 Å². The second kappa shape index (κ2) is 8.65. The number of aliphatic carboxylic acids is 1. The van der Waals surface area contributed by atoms with Crippen LogP contribution in [0.5, 0.6) is 0 Å². The molecule has 4 nitrogen and oxygen atoms in total. The Kier molecular flexibility index (Phi) is 7.20. The number of halogens is 1. The van der Waals surface area contributed by atoms with E-state index in [1.54, 1.807) is 25.1 Å². The number of hydrogen-bond donors (Lipinski definition) is 2. The zero-order valence-corrected chi connectivity index (χ0v) is 14.1. The summed E-state index contributed by atoms with van der Waals surface area (Å²) in [7, 11) is 0. The van der Waals surface area contributed by atoms with E-state index in [0.29, 0.717) is 31.2 Å². The monoisotopic (exact) mass is 323 g/mol. The first-order chi connectivity index (χ1) is 10.8. The van der Waals surface area contributed by atoms with Crippen molar-refractivity contribution in [3.05, 3.63) is 35.6 Å². The Bertz CT molecular complexity index is 541. The first-order valence-electron chi connectivity index (χ1n) is 8.10. The number of rotatable bonds is 9. The molecule has 0 radical (unpaired) electrons. The van der Waals surface area contributed by atoms with Gasteiger partial charge in [0.25, 0.3) is 0 Å². The highest BCUT2D eigenvalue weighted by Gasteiger charge is 2.32. The van der Waals surface area contributed by atoms with Crippen molar-refractivity contribution in [1.82, 2.24) is 5.32 Å². The SMILES string of the molecule is CCC(CC)(CC(=O)O)NC(=O)C(C)CCc1ccccc1F. The normalized spacial score (nSPS) is 12.7. The zero-order chi connectivity index (χ0) is 17.5. The van der Waals surface area contributed by atoms with Gasteiger partial charge in [-0.25, -0.2) is 4.39 Å². The number of aryl methyl sites for hydroxylation is 1. The van der Waals surface area contributed by atoms with Gasteiger partial charge >= 0.3 is 5.97 Å². The predicted octanol–water partition coefficient (Wildman–Crippen LogP) is 3.54. The number of amides is 1. The van der Waals surface area contributed by atoms with Crippen LogP contribution >= 0.6 is 0 Å². The van der Waals surface area contributed by atoms with E-state index in [-0.39, 0.29) is 24.1 Å². The number of benzene rings is 1. The molecule has 0 bridgehead atoms. The molecule has 1 aromatic rings. The molecule has 0 aliphatic heterocycles. The highest BCUT2D eigenvalue weighted by atomic mass is 19.1. The molecule has 0 spiro atoms. The molecule has 128 valence electrons. The largest absolute Gasteiger partial charge is 0.481 e. The number of carbonyl (C=O) groups is 2. The molecule has 1 rings (SSSR count). The summed E-state index contributed by atoms with van der Waals surface area (Å²) < 4.78 is 13.6. The van der Waals surface area contributed by atoms with Gasteiger partial charge in [-0.15, -0.1) is 0 Å². The fourth-order valence-corrected chi connectivity index (χ4v) is 2.60. The maximum Gasteiger partial charge on any atom is 0.305 e. The molecule has 0 saturated carbocycles. The molecular weight excluding hydrogens is 297 g/mol. The van der Waals surface area contributed by atoms with Crippen molar-refractivity contribution in [3.8, 4) is 0 Å². The molecule has 5 heteroatoms. The van der Waals surface area contributed by atoms with Crippen LogP contribution in [-0.2, 0) is 16.0 Å². The number of carboxylic acid groups (broad SMARTS) is 1. The average Bonchev–Trinajstić information content (AvgIpc) is 2.52. The van der Waals surface area contributed by atoms with Crippen LogP contribution in [0.15, 0.2) is 24.3 Å². The zero-order valence-electron chi connectivity index (χ0n) is 14.1. The molecule has 1 unspecified atom stereocenters. The Morgan fingerprint density at radius 1 is 1.26 bits per heavy atom. The Morgan fingerprint density at radius 3 is 2.39 bits per heavy atom. The minimum absolute atomic E-state index is 0.0915. The van der Waals surface area contributed by atoms with Gasteiger partial charge in [0.2, 0.25) is 5.91 Å². The molecule has 0 aromatic heterocycles. The Hall–Kier alpha value is -1.91. The van der Waals surface area contributed by atoms with Crippen LogP contribution in [0.25, 0.3) is 0 Å². The van der Waals surface area contributed by atoms with Gasteiger partial charge in [-0.05, 0) is 37.3 Å². The summed E-state index contributed by atoms with van der Waals surface area (Å²) in [6.45, 7) is 5.53. The Balaban J connectivity index is 2.65. The first-order valence-corrected chi connectivity index (χ1v) is 8.10. The van der Waals surface area contributed by atoms with Crippen molar-refractivity contribution in [2.45, 2.75) is 58.4 Å². The van der Waals surface area contributed by atoms with Crippen LogP contribution in [0.3, 0.4) is 0 Å². The molecular formula is C18H26FNO3. The topological polar surface area (TPSA) is 66.4 Å². The summed E-state index contributed by atoms with van der Waals surface area (Å²) in [5.41, 5.74) is -0.121. The minimum atomic E-state index is -0.923. The molecule has 0 heterocycles. The van der Waals surface area contributed by atoms with Gasteiger partial charge in [0.05, 0.1) is 6.42 Å². The predicted molar refractivity (Wildman–Crippen MR) is 87.6 cm³/mol. The van der Waals surface area contributed by atoms with Crippen LogP contribution in [0.2, 0.25) is 0 Å². The van der Waals surface area contributed by atoms with E-state index < -0.39 is 11.5 Å². The molecule has 0 aliphatic carbocycles. The van der Waals surface area contributed by atoms with E-state index in [9.17, 15) is 14.0 Å². The number of hydrogen-bond acceptors (Lipinski definition) is 2. The molecule has 1 amide bonds. The molecule has 0 fully saturated rings. The summed E-state index contributed by atoms with van der Waals surface area (Å²) in [6, 6.07) is 6.53. The summed E-state index contributed by atoms with van der Waals surface area (Å²) in [6.07, 6.45) is 2.02. The van der Waals surface area contributed by atoms with Gasteiger partial charge in [0, 0.05) is 11.5 Å². The lowest BCUT2D eigenvalue weighted by Crippen LogP contribution is -2.50. The number of carboxylic acids is 1. The van der Waals surface area contributed by atoms with Crippen LogP contribution in [-0.4, -0.2) is 22.5 Å². The highest BCUT2D eigenvalue weighted by molar-refractivity contribution is 5.80. The van der Waals surface area contributed by atoms with Crippen molar-refractivity contribution in [1.29, 1.82) is 0 Å².